The summed E-state index contributed by atoms with van der Waals surface area (Å²) in [7, 11) is 1.61. The number of amides is 1. The Morgan fingerprint density at radius 2 is 1.93 bits per heavy atom. The van der Waals surface area contributed by atoms with Crippen LogP contribution in [0.15, 0.2) is 60.3 Å². The lowest BCUT2D eigenvalue weighted by Crippen LogP contribution is -2.15. The van der Waals surface area contributed by atoms with Crippen molar-refractivity contribution in [1.29, 1.82) is 0 Å². The number of hydrogen-bond donors (Lipinski definition) is 1. The fraction of sp³-hybridized carbons (Fsp3) is 0.167. The Hall–Kier alpha value is -3.20. The van der Waals surface area contributed by atoms with E-state index >= 15 is 0 Å². The van der Waals surface area contributed by atoms with Crippen LogP contribution >= 0.6 is 11.8 Å². The van der Waals surface area contributed by atoms with Crippen LogP contribution in [0.4, 0.5) is 5.82 Å². The van der Waals surface area contributed by atoms with Crippen LogP contribution in [-0.4, -0.2) is 38.7 Å². The molecule has 0 aliphatic rings. The highest BCUT2D eigenvalue weighted by Gasteiger charge is 2.08. The smallest absolute Gasteiger partial charge is 0.236 e. The van der Waals surface area contributed by atoms with Crippen LogP contribution in [0, 0.1) is 0 Å². The van der Waals surface area contributed by atoms with Gasteiger partial charge in [0.1, 0.15) is 24.5 Å². The first-order valence-corrected chi connectivity index (χ1v) is 8.99. The van der Waals surface area contributed by atoms with Crippen LogP contribution < -0.4 is 14.8 Å². The van der Waals surface area contributed by atoms with Crippen molar-refractivity contribution in [2.75, 3.05) is 18.2 Å². The third-order valence-corrected chi connectivity index (χ3v) is 4.23. The van der Waals surface area contributed by atoms with Gasteiger partial charge in [0.2, 0.25) is 11.8 Å². The van der Waals surface area contributed by atoms with Crippen LogP contribution in [0.5, 0.6) is 11.6 Å². The number of aromatic nitrogens is 4. The third-order valence-electron chi connectivity index (χ3n) is 3.35. The largest absolute Gasteiger partial charge is 0.496 e. The van der Waals surface area contributed by atoms with Gasteiger partial charge in [-0.1, -0.05) is 30.0 Å². The van der Waals surface area contributed by atoms with Gasteiger partial charge in [-0.3, -0.25) is 4.79 Å². The van der Waals surface area contributed by atoms with Gasteiger partial charge >= 0.3 is 0 Å². The predicted octanol–water partition coefficient (Wildman–Crippen LogP) is 2.58. The normalized spacial score (nSPS) is 10.3. The first kappa shape index (κ1) is 18.6. The average molecular weight is 383 g/mol. The average Bonchev–Trinajstić information content (AvgIpc) is 2.72. The molecule has 0 spiro atoms. The SMILES string of the molecule is COc1ccccc1COc1cc(NC(=O)CSc2ncccn2)ncn1. The van der Waals surface area contributed by atoms with E-state index in [0.29, 0.717) is 16.9 Å². The molecule has 1 aromatic carbocycles. The first-order chi connectivity index (χ1) is 13.2. The lowest BCUT2D eigenvalue weighted by atomic mass is 10.2. The molecule has 0 bridgehead atoms. The van der Waals surface area contributed by atoms with Crippen molar-refractivity contribution in [2.24, 2.45) is 0 Å². The van der Waals surface area contributed by atoms with Gasteiger partial charge in [-0.15, -0.1) is 0 Å². The molecule has 0 fully saturated rings. The lowest BCUT2D eigenvalue weighted by molar-refractivity contribution is -0.113. The first-order valence-electron chi connectivity index (χ1n) is 8.01. The molecule has 2 aromatic heterocycles. The number of carbonyl (C=O) groups excluding carboxylic acids is 1. The van der Waals surface area contributed by atoms with Gasteiger partial charge in [0, 0.05) is 24.0 Å². The molecular formula is C18H17N5O3S. The fourth-order valence-electron chi connectivity index (χ4n) is 2.13. The van der Waals surface area contributed by atoms with E-state index in [0.717, 1.165) is 11.3 Å². The number of methoxy groups -OCH3 is 1. The van der Waals surface area contributed by atoms with Crippen LogP contribution in [0.2, 0.25) is 0 Å². The number of carbonyl (C=O) groups is 1. The van der Waals surface area contributed by atoms with Gasteiger partial charge in [0.15, 0.2) is 5.16 Å². The molecule has 138 valence electrons. The summed E-state index contributed by atoms with van der Waals surface area (Å²) in [5.74, 6) is 1.40. The van der Waals surface area contributed by atoms with Crippen LogP contribution in [0.25, 0.3) is 0 Å². The molecule has 1 amide bonds. The topological polar surface area (TPSA) is 99.1 Å². The van der Waals surface area contributed by atoms with Crippen LogP contribution in [-0.2, 0) is 11.4 Å². The monoisotopic (exact) mass is 383 g/mol. The van der Waals surface area contributed by atoms with Gasteiger partial charge in [-0.25, -0.2) is 19.9 Å². The molecule has 8 nitrogen and oxygen atoms in total. The number of ether oxygens (including phenoxy) is 2. The predicted molar refractivity (Wildman–Crippen MR) is 101 cm³/mol. The Morgan fingerprint density at radius 1 is 1.11 bits per heavy atom. The molecule has 0 aliphatic carbocycles. The molecule has 1 N–H and O–H groups in total. The van der Waals surface area contributed by atoms with E-state index in [1.807, 2.05) is 24.3 Å². The molecule has 3 aromatic rings. The number of anilines is 1. The van der Waals surface area contributed by atoms with E-state index in [9.17, 15) is 4.79 Å². The maximum absolute atomic E-state index is 12.1. The maximum atomic E-state index is 12.1. The second-order valence-electron chi connectivity index (χ2n) is 5.21. The van der Waals surface area contributed by atoms with Crippen LogP contribution in [0.1, 0.15) is 5.56 Å². The number of hydrogen-bond acceptors (Lipinski definition) is 8. The van der Waals surface area contributed by atoms with E-state index < -0.39 is 0 Å². The molecule has 0 saturated heterocycles. The molecule has 27 heavy (non-hydrogen) atoms. The van der Waals surface area contributed by atoms with Gasteiger partial charge in [-0.2, -0.15) is 0 Å². The minimum atomic E-state index is -0.221. The van der Waals surface area contributed by atoms with E-state index in [1.54, 1.807) is 31.6 Å². The Morgan fingerprint density at radius 3 is 2.74 bits per heavy atom. The highest BCUT2D eigenvalue weighted by atomic mass is 32.2. The quantitative estimate of drug-likeness (QED) is 0.468. The van der Waals surface area contributed by atoms with E-state index in [2.05, 4.69) is 25.3 Å². The number of benzene rings is 1. The maximum Gasteiger partial charge on any atom is 0.236 e. The number of thioether (sulfide) groups is 1. The summed E-state index contributed by atoms with van der Waals surface area (Å²) in [5, 5.41) is 3.24. The molecular weight excluding hydrogens is 366 g/mol. The molecule has 3 rings (SSSR count). The summed E-state index contributed by atoms with van der Waals surface area (Å²) in [6.45, 7) is 0.287. The lowest BCUT2D eigenvalue weighted by Gasteiger charge is -2.10. The number of nitrogens with zero attached hydrogens (tertiary/aromatic N) is 4. The minimum Gasteiger partial charge on any atom is -0.496 e. The summed E-state index contributed by atoms with van der Waals surface area (Å²) in [6.07, 6.45) is 4.59. The van der Waals surface area contributed by atoms with Gasteiger partial charge in [0.25, 0.3) is 0 Å². The summed E-state index contributed by atoms with van der Waals surface area (Å²) in [4.78, 5) is 28.3. The second kappa shape index (κ2) is 9.48. The molecule has 0 radical (unpaired) electrons. The van der Waals surface area contributed by atoms with Crippen LogP contribution in [0.3, 0.4) is 0 Å². The Kier molecular flexibility index (Phi) is 6.53. The van der Waals surface area contributed by atoms with Crippen molar-refractivity contribution in [2.45, 2.75) is 11.8 Å². The van der Waals surface area contributed by atoms with E-state index in [4.69, 9.17) is 9.47 Å². The Balaban J connectivity index is 1.54. The molecule has 0 saturated carbocycles. The van der Waals surface area contributed by atoms with E-state index in [1.165, 1.54) is 18.1 Å². The van der Waals surface area contributed by atoms with E-state index in [-0.39, 0.29) is 18.3 Å². The van der Waals surface area contributed by atoms with Crippen molar-refractivity contribution >= 4 is 23.5 Å². The minimum absolute atomic E-state index is 0.172. The Bertz CT molecular complexity index is 895. The van der Waals surface area contributed by atoms with Gasteiger partial charge in [0.05, 0.1) is 12.9 Å². The zero-order valence-electron chi connectivity index (χ0n) is 14.5. The standard InChI is InChI=1S/C18H17N5O3S/c1-25-14-6-3-2-5-13(14)10-26-17-9-15(21-12-22-17)23-16(24)11-27-18-19-7-4-8-20-18/h2-9,12H,10-11H2,1H3,(H,21,22,23,24). The molecule has 9 heteroatoms. The van der Waals surface area contributed by atoms with Gasteiger partial charge in [-0.05, 0) is 12.1 Å². The van der Waals surface area contributed by atoms with Crippen molar-refractivity contribution in [3.63, 3.8) is 0 Å². The summed E-state index contributed by atoms with van der Waals surface area (Å²) in [6, 6.07) is 10.8. The molecule has 2 heterocycles. The Labute approximate surface area is 160 Å². The van der Waals surface area contributed by atoms with Crippen molar-refractivity contribution in [1.82, 2.24) is 19.9 Å². The summed E-state index contributed by atoms with van der Waals surface area (Å²) < 4.78 is 11.0. The zero-order valence-corrected chi connectivity index (χ0v) is 15.3. The fourth-order valence-corrected chi connectivity index (χ4v) is 2.73. The number of rotatable bonds is 8. The highest BCUT2D eigenvalue weighted by Crippen LogP contribution is 2.20. The van der Waals surface area contributed by atoms with Crippen molar-refractivity contribution in [3.8, 4) is 11.6 Å². The van der Waals surface area contributed by atoms with Crippen molar-refractivity contribution in [3.05, 3.63) is 60.7 Å². The molecule has 0 unspecified atom stereocenters. The third kappa shape index (κ3) is 5.65. The number of para-hydroxylation sites is 1. The molecule has 0 aliphatic heterocycles. The highest BCUT2D eigenvalue weighted by molar-refractivity contribution is 7.99. The van der Waals surface area contributed by atoms with Gasteiger partial charge < -0.3 is 14.8 Å². The molecule has 0 atom stereocenters. The summed E-state index contributed by atoms with van der Waals surface area (Å²) in [5.41, 5.74) is 0.892. The number of nitrogens with one attached hydrogen (secondary N) is 1. The zero-order chi connectivity index (χ0) is 18.9. The second-order valence-corrected chi connectivity index (χ2v) is 6.15. The summed E-state index contributed by atoms with van der Waals surface area (Å²) >= 11 is 1.24. The van der Waals surface area contributed by atoms with Crippen molar-refractivity contribution < 1.29 is 14.3 Å².